The van der Waals surface area contributed by atoms with Crippen LogP contribution in [0.5, 0.6) is 0 Å². The number of aryl methyl sites for hydroxylation is 1. The molecule has 0 aliphatic heterocycles. The molecule has 0 radical (unpaired) electrons. The van der Waals surface area contributed by atoms with E-state index in [9.17, 15) is 0 Å². The first-order valence-corrected chi connectivity index (χ1v) is 7.92. The fraction of sp³-hybridized carbons (Fsp3) is 0.667. The van der Waals surface area contributed by atoms with Crippen LogP contribution in [0.2, 0.25) is 0 Å². The molecule has 2 atom stereocenters. The van der Waals surface area contributed by atoms with Crippen molar-refractivity contribution in [2.45, 2.75) is 59.9 Å². The summed E-state index contributed by atoms with van der Waals surface area (Å²) in [6.45, 7) is 12.6. The Morgan fingerprint density at radius 1 is 1.05 bits per heavy atom. The van der Waals surface area contributed by atoms with Gasteiger partial charge in [-0.2, -0.15) is 0 Å². The van der Waals surface area contributed by atoms with Gasteiger partial charge < -0.3 is 5.32 Å². The van der Waals surface area contributed by atoms with Gasteiger partial charge in [-0.3, -0.25) is 0 Å². The Labute approximate surface area is 119 Å². The number of nitrogens with one attached hydrogen (secondary N) is 1. The zero-order valence-corrected chi connectivity index (χ0v) is 13.4. The van der Waals surface area contributed by atoms with Crippen LogP contribution in [0.15, 0.2) is 24.3 Å². The lowest BCUT2D eigenvalue weighted by molar-refractivity contribution is 0.303. The summed E-state index contributed by atoms with van der Waals surface area (Å²) in [4.78, 5) is 0. The van der Waals surface area contributed by atoms with Crippen LogP contribution in [0.4, 0.5) is 0 Å². The molecule has 0 aromatic heterocycles. The molecule has 0 saturated carbocycles. The average molecular weight is 261 g/mol. The van der Waals surface area contributed by atoms with E-state index in [1.54, 1.807) is 0 Å². The maximum Gasteiger partial charge on any atom is 0.0348 e. The fourth-order valence-corrected chi connectivity index (χ4v) is 2.52. The van der Waals surface area contributed by atoms with Crippen molar-refractivity contribution >= 4 is 0 Å². The second kappa shape index (κ2) is 8.37. The summed E-state index contributed by atoms with van der Waals surface area (Å²) in [7, 11) is 0. The molecule has 0 amide bonds. The largest absolute Gasteiger partial charge is 0.310 e. The van der Waals surface area contributed by atoms with E-state index in [1.807, 2.05) is 0 Å². The van der Waals surface area contributed by atoms with Crippen molar-refractivity contribution in [1.29, 1.82) is 0 Å². The number of rotatable bonds is 8. The third kappa shape index (κ3) is 4.99. The highest BCUT2D eigenvalue weighted by Gasteiger charge is 2.21. The van der Waals surface area contributed by atoms with Crippen molar-refractivity contribution in [3.63, 3.8) is 0 Å². The highest BCUT2D eigenvalue weighted by molar-refractivity contribution is 5.26. The van der Waals surface area contributed by atoms with E-state index < -0.39 is 0 Å². The summed E-state index contributed by atoms with van der Waals surface area (Å²) in [6, 6.07) is 9.63. The van der Waals surface area contributed by atoms with Crippen molar-refractivity contribution in [3.05, 3.63) is 35.4 Å². The highest BCUT2D eigenvalue weighted by Crippen LogP contribution is 2.28. The van der Waals surface area contributed by atoms with Crippen LogP contribution < -0.4 is 5.32 Å². The van der Waals surface area contributed by atoms with Crippen LogP contribution >= 0.6 is 0 Å². The van der Waals surface area contributed by atoms with E-state index >= 15 is 0 Å². The molecule has 1 rings (SSSR count). The Balaban J connectivity index is 2.92. The molecule has 0 heterocycles. The van der Waals surface area contributed by atoms with Crippen LogP contribution in [-0.4, -0.2) is 6.54 Å². The van der Waals surface area contributed by atoms with E-state index in [-0.39, 0.29) is 0 Å². The smallest absolute Gasteiger partial charge is 0.0348 e. The molecule has 1 N–H and O–H groups in total. The van der Waals surface area contributed by atoms with Gasteiger partial charge >= 0.3 is 0 Å². The predicted molar refractivity (Wildman–Crippen MR) is 85.5 cm³/mol. The molecule has 1 aromatic carbocycles. The Morgan fingerprint density at radius 2 is 1.79 bits per heavy atom. The van der Waals surface area contributed by atoms with Gasteiger partial charge in [-0.1, -0.05) is 65.3 Å². The third-order valence-electron chi connectivity index (χ3n) is 4.04. The molecule has 0 aliphatic rings. The maximum atomic E-state index is 3.74. The van der Waals surface area contributed by atoms with E-state index in [2.05, 4.69) is 64.2 Å². The minimum Gasteiger partial charge on any atom is -0.310 e. The molecule has 0 spiro atoms. The number of hydrogen-bond acceptors (Lipinski definition) is 1. The SMILES string of the molecule is CCCNC(c1cccc(CCC)c1)C(C)C(C)C. The first kappa shape index (κ1) is 16.2. The van der Waals surface area contributed by atoms with E-state index in [4.69, 9.17) is 0 Å². The monoisotopic (exact) mass is 261 g/mol. The van der Waals surface area contributed by atoms with E-state index in [1.165, 1.54) is 30.4 Å². The lowest BCUT2D eigenvalue weighted by Gasteiger charge is -2.29. The van der Waals surface area contributed by atoms with Gasteiger partial charge in [0.05, 0.1) is 0 Å². The van der Waals surface area contributed by atoms with Crippen LogP contribution in [0.25, 0.3) is 0 Å². The molecule has 0 saturated heterocycles. The Bertz CT molecular complexity index is 356. The maximum absolute atomic E-state index is 3.74. The Morgan fingerprint density at radius 3 is 2.37 bits per heavy atom. The van der Waals surface area contributed by atoms with Gasteiger partial charge in [0.15, 0.2) is 0 Å². The summed E-state index contributed by atoms with van der Waals surface area (Å²) < 4.78 is 0. The van der Waals surface area contributed by atoms with Crippen molar-refractivity contribution in [2.75, 3.05) is 6.54 Å². The van der Waals surface area contributed by atoms with Crippen LogP contribution in [0, 0.1) is 11.8 Å². The molecular formula is C18H31N. The molecule has 1 aromatic rings. The number of benzene rings is 1. The third-order valence-corrected chi connectivity index (χ3v) is 4.04. The molecule has 0 bridgehead atoms. The van der Waals surface area contributed by atoms with Crippen LogP contribution in [0.3, 0.4) is 0 Å². The summed E-state index contributed by atoms with van der Waals surface area (Å²) in [5.41, 5.74) is 2.93. The fourth-order valence-electron chi connectivity index (χ4n) is 2.52. The van der Waals surface area contributed by atoms with Crippen LogP contribution in [0.1, 0.15) is 64.6 Å². The zero-order chi connectivity index (χ0) is 14.3. The Kier molecular flexibility index (Phi) is 7.15. The minimum atomic E-state index is 0.483. The standard InChI is InChI=1S/C18H31N/c1-6-9-16-10-8-11-17(13-16)18(19-12-7-2)15(5)14(3)4/h8,10-11,13-15,18-19H,6-7,9,12H2,1-5H3. The summed E-state index contributed by atoms with van der Waals surface area (Å²) in [6.07, 6.45) is 3.59. The highest BCUT2D eigenvalue weighted by atomic mass is 14.9. The average Bonchev–Trinajstić information content (AvgIpc) is 2.39. The minimum absolute atomic E-state index is 0.483. The summed E-state index contributed by atoms with van der Waals surface area (Å²) >= 11 is 0. The van der Waals surface area contributed by atoms with Gasteiger partial charge in [0.2, 0.25) is 0 Å². The van der Waals surface area contributed by atoms with Gasteiger partial charge in [0.1, 0.15) is 0 Å². The van der Waals surface area contributed by atoms with Crippen molar-refractivity contribution in [2.24, 2.45) is 11.8 Å². The van der Waals surface area contributed by atoms with Gasteiger partial charge in [-0.05, 0) is 42.3 Å². The van der Waals surface area contributed by atoms with Gasteiger partial charge in [0.25, 0.3) is 0 Å². The molecule has 0 aliphatic carbocycles. The van der Waals surface area contributed by atoms with Crippen molar-refractivity contribution in [3.8, 4) is 0 Å². The second-order valence-corrected chi connectivity index (χ2v) is 6.03. The lowest BCUT2D eigenvalue weighted by Crippen LogP contribution is -2.30. The molecule has 108 valence electrons. The topological polar surface area (TPSA) is 12.0 Å². The van der Waals surface area contributed by atoms with Gasteiger partial charge in [-0.15, -0.1) is 0 Å². The summed E-state index contributed by atoms with van der Waals surface area (Å²) in [5.74, 6) is 1.35. The van der Waals surface area contributed by atoms with Gasteiger partial charge in [-0.25, -0.2) is 0 Å². The molecule has 1 nitrogen and oxygen atoms in total. The quantitative estimate of drug-likeness (QED) is 0.696. The number of hydrogen-bond donors (Lipinski definition) is 1. The molecule has 1 heteroatoms. The molecular weight excluding hydrogens is 230 g/mol. The lowest BCUT2D eigenvalue weighted by atomic mass is 9.85. The van der Waals surface area contributed by atoms with E-state index in [0.29, 0.717) is 17.9 Å². The van der Waals surface area contributed by atoms with Crippen LogP contribution in [-0.2, 0) is 6.42 Å². The van der Waals surface area contributed by atoms with E-state index in [0.717, 1.165) is 6.54 Å². The first-order valence-electron chi connectivity index (χ1n) is 7.92. The predicted octanol–water partition coefficient (Wildman–Crippen LogP) is 4.97. The van der Waals surface area contributed by atoms with Crippen molar-refractivity contribution in [1.82, 2.24) is 5.32 Å². The van der Waals surface area contributed by atoms with Gasteiger partial charge in [0, 0.05) is 6.04 Å². The molecule has 0 fully saturated rings. The second-order valence-electron chi connectivity index (χ2n) is 6.03. The first-order chi connectivity index (χ1) is 9.10. The molecule has 19 heavy (non-hydrogen) atoms. The normalized spacial score (nSPS) is 14.6. The van der Waals surface area contributed by atoms with Crippen molar-refractivity contribution < 1.29 is 0 Å². The molecule has 2 unspecified atom stereocenters. The zero-order valence-electron chi connectivity index (χ0n) is 13.4. The Hall–Kier alpha value is -0.820. The summed E-state index contributed by atoms with van der Waals surface area (Å²) in [5, 5.41) is 3.74.